The van der Waals surface area contributed by atoms with E-state index in [1.807, 2.05) is 0 Å². The minimum atomic E-state index is -1.69. The van der Waals surface area contributed by atoms with E-state index in [-0.39, 0.29) is 0 Å². The third kappa shape index (κ3) is 0.596. The molecule has 2 fully saturated rings. The maximum atomic E-state index is 13.3. The van der Waals surface area contributed by atoms with Crippen LogP contribution < -0.4 is 0 Å². The van der Waals surface area contributed by atoms with Gasteiger partial charge >= 0.3 is 0 Å². The number of halogens is 1. The lowest BCUT2D eigenvalue weighted by atomic mass is 9.72. The smallest absolute Gasteiger partial charge is 0.240 e. The first kappa shape index (κ1) is 6.55. The van der Waals surface area contributed by atoms with E-state index in [2.05, 4.69) is 0 Å². The van der Waals surface area contributed by atoms with Crippen LogP contribution in [0.4, 0.5) is 4.39 Å². The highest BCUT2D eigenvalue weighted by Gasteiger charge is 2.59. The van der Waals surface area contributed by atoms with Crippen LogP contribution in [-0.4, -0.2) is 23.2 Å². The molecule has 3 heteroatoms. The van der Waals surface area contributed by atoms with Crippen LogP contribution in [0, 0.1) is 0 Å². The zero-order chi connectivity index (χ0) is 7.24. The third-order valence-electron chi connectivity index (χ3n) is 2.63. The van der Waals surface area contributed by atoms with Gasteiger partial charge in [0.15, 0.2) is 0 Å². The number of rotatable bonds is 1. The Morgan fingerprint density at radius 1 is 1.30 bits per heavy atom. The lowest BCUT2D eigenvalue weighted by Gasteiger charge is -2.51. The molecule has 2 aliphatic rings. The Morgan fingerprint density at radius 2 is 1.90 bits per heavy atom. The molecule has 0 aromatic rings. The second-order valence-electron chi connectivity index (χ2n) is 3.21. The Balaban J connectivity index is 2.08. The third-order valence-corrected chi connectivity index (χ3v) is 2.63. The minimum absolute atomic E-state index is 0.365. The van der Waals surface area contributed by atoms with Crippen molar-refractivity contribution in [3.63, 3.8) is 0 Å². The van der Waals surface area contributed by atoms with E-state index in [0.29, 0.717) is 25.9 Å². The number of alkyl halides is 1. The van der Waals surface area contributed by atoms with Gasteiger partial charge in [0.2, 0.25) is 5.85 Å². The fourth-order valence-electron chi connectivity index (χ4n) is 1.53. The second-order valence-corrected chi connectivity index (χ2v) is 3.21. The Hall–Kier alpha value is -0.150. The maximum Gasteiger partial charge on any atom is 0.240 e. The molecule has 10 heavy (non-hydrogen) atoms. The predicted molar refractivity (Wildman–Crippen MR) is 33.2 cm³/mol. The quantitative estimate of drug-likeness (QED) is 0.597. The summed E-state index contributed by atoms with van der Waals surface area (Å²) in [6, 6.07) is 0. The van der Waals surface area contributed by atoms with Crippen molar-refractivity contribution in [1.29, 1.82) is 0 Å². The molecule has 0 amide bonds. The van der Waals surface area contributed by atoms with Crippen LogP contribution in [0.2, 0.25) is 0 Å². The van der Waals surface area contributed by atoms with Gasteiger partial charge in [-0.3, -0.25) is 0 Å². The van der Waals surface area contributed by atoms with Crippen molar-refractivity contribution < 1.29 is 14.2 Å². The Labute approximate surface area is 59.0 Å². The fraction of sp³-hybridized carbons (Fsp3) is 1.00. The van der Waals surface area contributed by atoms with E-state index < -0.39 is 11.5 Å². The lowest BCUT2D eigenvalue weighted by molar-refractivity contribution is -0.339. The van der Waals surface area contributed by atoms with E-state index in [9.17, 15) is 9.50 Å². The van der Waals surface area contributed by atoms with Crippen molar-refractivity contribution in [2.24, 2.45) is 0 Å². The van der Waals surface area contributed by atoms with Crippen LogP contribution in [0.25, 0.3) is 0 Å². The molecule has 1 atom stereocenters. The number of hydrogen-bond acceptors (Lipinski definition) is 2. The molecule has 1 saturated carbocycles. The van der Waals surface area contributed by atoms with Crippen LogP contribution >= 0.6 is 0 Å². The Bertz CT molecular complexity index is 132. The van der Waals surface area contributed by atoms with E-state index >= 15 is 0 Å². The van der Waals surface area contributed by atoms with Crippen LogP contribution in [-0.2, 0) is 4.74 Å². The van der Waals surface area contributed by atoms with Crippen LogP contribution in [0.5, 0.6) is 0 Å². The van der Waals surface area contributed by atoms with Crippen LogP contribution in [0.3, 0.4) is 0 Å². The summed E-state index contributed by atoms with van der Waals surface area (Å²) >= 11 is 0. The molecular formula is C7H11FO2. The standard InChI is InChI=1S/C7H11FO2/c8-7(4-5-10-7)6(9)2-1-3-6/h9H,1-5H2. The summed E-state index contributed by atoms with van der Waals surface area (Å²) in [5.74, 6) is -1.69. The molecule has 1 N–H and O–H groups in total. The molecule has 1 unspecified atom stereocenters. The predicted octanol–water partition coefficient (Wildman–Crippen LogP) is 0.988. The van der Waals surface area contributed by atoms with Crippen molar-refractivity contribution in [3.05, 3.63) is 0 Å². The SMILES string of the molecule is OC1(C2(F)CCO2)CCC1. The summed E-state index contributed by atoms with van der Waals surface area (Å²) in [4.78, 5) is 0. The first-order chi connectivity index (χ1) is 4.66. The molecule has 1 aliphatic heterocycles. The van der Waals surface area contributed by atoms with Gasteiger partial charge in [0.1, 0.15) is 5.60 Å². The first-order valence-corrected chi connectivity index (χ1v) is 3.72. The molecule has 0 bridgehead atoms. The minimum Gasteiger partial charge on any atom is -0.384 e. The van der Waals surface area contributed by atoms with Gasteiger partial charge in [-0.05, 0) is 19.3 Å². The Kier molecular flexibility index (Phi) is 1.12. The monoisotopic (exact) mass is 146 g/mol. The summed E-state index contributed by atoms with van der Waals surface area (Å²) in [7, 11) is 0. The normalized spacial score (nSPS) is 43.8. The molecule has 0 spiro atoms. The van der Waals surface area contributed by atoms with Crippen molar-refractivity contribution in [3.8, 4) is 0 Å². The molecule has 58 valence electrons. The van der Waals surface area contributed by atoms with E-state index in [1.165, 1.54) is 0 Å². The molecule has 2 rings (SSSR count). The molecule has 1 heterocycles. The highest BCUT2D eigenvalue weighted by molar-refractivity contribution is 5.03. The van der Waals surface area contributed by atoms with Crippen molar-refractivity contribution in [2.45, 2.75) is 37.1 Å². The molecule has 0 aromatic carbocycles. The number of hydrogen-bond donors (Lipinski definition) is 1. The average Bonchev–Trinajstić information content (AvgIpc) is 1.77. The summed E-state index contributed by atoms with van der Waals surface area (Å²) < 4.78 is 18.0. The van der Waals surface area contributed by atoms with Gasteiger partial charge in [-0.25, -0.2) is 4.39 Å². The van der Waals surface area contributed by atoms with E-state index in [1.54, 1.807) is 0 Å². The van der Waals surface area contributed by atoms with Crippen molar-refractivity contribution in [2.75, 3.05) is 6.61 Å². The molecule has 0 radical (unpaired) electrons. The van der Waals surface area contributed by atoms with Gasteiger partial charge in [-0.2, -0.15) is 0 Å². The number of ether oxygens (including phenoxy) is 1. The van der Waals surface area contributed by atoms with Gasteiger partial charge in [0, 0.05) is 6.42 Å². The molecule has 2 nitrogen and oxygen atoms in total. The first-order valence-electron chi connectivity index (χ1n) is 3.72. The van der Waals surface area contributed by atoms with Gasteiger partial charge in [-0.15, -0.1) is 0 Å². The summed E-state index contributed by atoms with van der Waals surface area (Å²) in [6.45, 7) is 0.457. The van der Waals surface area contributed by atoms with E-state index in [0.717, 1.165) is 6.42 Å². The van der Waals surface area contributed by atoms with Crippen molar-refractivity contribution >= 4 is 0 Å². The van der Waals surface area contributed by atoms with Crippen LogP contribution in [0.15, 0.2) is 0 Å². The summed E-state index contributed by atoms with van der Waals surface area (Å²) in [5.41, 5.74) is -1.13. The van der Waals surface area contributed by atoms with Gasteiger partial charge < -0.3 is 9.84 Å². The lowest BCUT2D eigenvalue weighted by Crippen LogP contribution is -2.62. The second kappa shape index (κ2) is 1.71. The van der Waals surface area contributed by atoms with Gasteiger partial charge in [0.25, 0.3) is 0 Å². The topological polar surface area (TPSA) is 29.5 Å². The highest BCUT2D eigenvalue weighted by Crippen LogP contribution is 2.49. The molecule has 0 aromatic heterocycles. The molecular weight excluding hydrogens is 135 g/mol. The van der Waals surface area contributed by atoms with Crippen molar-refractivity contribution in [1.82, 2.24) is 0 Å². The van der Waals surface area contributed by atoms with Gasteiger partial charge in [-0.1, -0.05) is 0 Å². The Morgan fingerprint density at radius 3 is 2.00 bits per heavy atom. The fourth-order valence-corrected chi connectivity index (χ4v) is 1.53. The molecule has 1 saturated heterocycles. The number of aliphatic hydroxyl groups is 1. The maximum absolute atomic E-state index is 13.3. The van der Waals surface area contributed by atoms with Crippen LogP contribution in [0.1, 0.15) is 25.7 Å². The summed E-state index contributed by atoms with van der Waals surface area (Å²) in [6.07, 6.45) is 2.40. The molecule has 1 aliphatic carbocycles. The van der Waals surface area contributed by atoms with E-state index in [4.69, 9.17) is 4.74 Å². The summed E-state index contributed by atoms with van der Waals surface area (Å²) in [5, 5.41) is 9.49. The van der Waals surface area contributed by atoms with Gasteiger partial charge in [0.05, 0.1) is 6.61 Å². The average molecular weight is 146 g/mol. The zero-order valence-electron chi connectivity index (χ0n) is 5.77. The highest BCUT2D eigenvalue weighted by atomic mass is 19.2. The zero-order valence-corrected chi connectivity index (χ0v) is 5.77. The largest absolute Gasteiger partial charge is 0.384 e.